The number of likely N-dealkylation sites (tertiary alicyclic amines) is 1. The van der Waals surface area contributed by atoms with Crippen LogP contribution in [0.3, 0.4) is 0 Å². The highest BCUT2D eigenvalue weighted by Crippen LogP contribution is 2.31. The third-order valence-corrected chi connectivity index (χ3v) is 4.64. The number of nitrogens with zero attached hydrogens (tertiary/aromatic N) is 2. The van der Waals surface area contributed by atoms with E-state index in [9.17, 15) is 19.2 Å². The van der Waals surface area contributed by atoms with Crippen LogP contribution in [0.2, 0.25) is 0 Å². The predicted octanol–water partition coefficient (Wildman–Crippen LogP) is 0.244. The highest BCUT2D eigenvalue weighted by atomic mass is 32.1. The summed E-state index contributed by atoms with van der Waals surface area (Å²) in [5.41, 5.74) is 0.642. The molecular formula is C14H14N2O5S. The van der Waals surface area contributed by atoms with E-state index in [4.69, 9.17) is 5.11 Å². The number of aliphatic hydroxyl groups is 1. The highest BCUT2D eigenvalue weighted by Gasteiger charge is 2.47. The number of fused-ring (bicyclic) bond motifs is 1. The van der Waals surface area contributed by atoms with Crippen molar-refractivity contribution >= 4 is 35.0 Å². The summed E-state index contributed by atoms with van der Waals surface area (Å²) in [5, 5.41) is 12.0. The summed E-state index contributed by atoms with van der Waals surface area (Å²) in [6.07, 6.45) is 0.531. The van der Waals surface area contributed by atoms with E-state index in [1.165, 1.54) is 11.3 Å². The van der Waals surface area contributed by atoms with Crippen LogP contribution in [-0.4, -0.2) is 57.7 Å². The van der Waals surface area contributed by atoms with E-state index in [-0.39, 0.29) is 38.3 Å². The maximum atomic E-state index is 12.5. The molecular weight excluding hydrogens is 308 g/mol. The second-order valence-electron chi connectivity index (χ2n) is 5.19. The van der Waals surface area contributed by atoms with Crippen LogP contribution in [0, 0.1) is 0 Å². The number of rotatable bonds is 4. The third-order valence-electron chi connectivity index (χ3n) is 3.90. The van der Waals surface area contributed by atoms with Gasteiger partial charge in [-0.3, -0.25) is 29.0 Å². The van der Waals surface area contributed by atoms with Gasteiger partial charge in [-0.05, 0) is 12.8 Å². The fourth-order valence-electron chi connectivity index (χ4n) is 2.79. The molecule has 3 heterocycles. The summed E-state index contributed by atoms with van der Waals surface area (Å²) in [6.45, 7) is -0.0393. The van der Waals surface area contributed by atoms with Gasteiger partial charge in [-0.1, -0.05) is 0 Å². The van der Waals surface area contributed by atoms with Gasteiger partial charge in [0.15, 0.2) is 0 Å². The van der Waals surface area contributed by atoms with Gasteiger partial charge in [0.1, 0.15) is 6.04 Å². The monoisotopic (exact) mass is 322 g/mol. The first-order valence-electron chi connectivity index (χ1n) is 6.95. The molecule has 0 aromatic carbocycles. The number of piperidine rings is 1. The molecule has 1 N–H and O–H groups in total. The van der Waals surface area contributed by atoms with E-state index in [0.717, 1.165) is 9.80 Å². The fraction of sp³-hybridized carbons (Fsp3) is 0.429. The zero-order chi connectivity index (χ0) is 15.9. The average Bonchev–Trinajstić information content (AvgIpc) is 3.06. The molecule has 1 aromatic rings. The molecule has 3 rings (SSSR count). The molecule has 22 heavy (non-hydrogen) atoms. The Labute approximate surface area is 130 Å². The van der Waals surface area contributed by atoms with Crippen molar-refractivity contribution in [2.24, 2.45) is 0 Å². The topological polar surface area (TPSA) is 95.0 Å². The van der Waals surface area contributed by atoms with Gasteiger partial charge in [-0.15, -0.1) is 0 Å². The van der Waals surface area contributed by atoms with Crippen LogP contribution >= 0.6 is 11.3 Å². The number of carbonyl (C=O) groups excluding carboxylic acids is 4. The molecule has 0 aliphatic carbocycles. The van der Waals surface area contributed by atoms with Crippen LogP contribution in [0.25, 0.3) is 0 Å². The first-order valence-corrected chi connectivity index (χ1v) is 7.89. The minimum Gasteiger partial charge on any atom is -0.396 e. The van der Waals surface area contributed by atoms with Gasteiger partial charge in [-0.2, -0.15) is 11.3 Å². The van der Waals surface area contributed by atoms with Gasteiger partial charge in [0.25, 0.3) is 17.7 Å². The highest BCUT2D eigenvalue weighted by molar-refractivity contribution is 7.08. The molecule has 4 amide bonds. The maximum Gasteiger partial charge on any atom is 0.263 e. The van der Waals surface area contributed by atoms with Gasteiger partial charge in [0.05, 0.1) is 11.1 Å². The number of aliphatic hydroxyl groups excluding tert-OH is 1. The van der Waals surface area contributed by atoms with Crippen molar-refractivity contribution in [3.8, 4) is 0 Å². The molecule has 0 bridgehead atoms. The molecule has 1 aromatic heterocycles. The first kappa shape index (κ1) is 14.9. The summed E-state index contributed by atoms with van der Waals surface area (Å²) in [5.74, 6) is -1.82. The third kappa shape index (κ3) is 2.15. The van der Waals surface area contributed by atoms with E-state index in [1.54, 1.807) is 10.8 Å². The second kappa shape index (κ2) is 5.62. The number of imide groups is 2. The van der Waals surface area contributed by atoms with Gasteiger partial charge in [-0.25, -0.2) is 0 Å². The first-order chi connectivity index (χ1) is 10.6. The molecule has 7 nitrogen and oxygen atoms in total. The summed E-state index contributed by atoms with van der Waals surface area (Å²) in [4.78, 5) is 51.0. The Morgan fingerprint density at radius 3 is 2.36 bits per heavy atom. The quantitative estimate of drug-likeness (QED) is 0.802. The fourth-order valence-corrected chi connectivity index (χ4v) is 3.58. The molecule has 0 saturated carbocycles. The van der Waals surface area contributed by atoms with E-state index in [0.29, 0.717) is 11.1 Å². The largest absolute Gasteiger partial charge is 0.396 e. The molecule has 8 heteroatoms. The van der Waals surface area contributed by atoms with Gasteiger partial charge in [0, 0.05) is 30.3 Å². The van der Waals surface area contributed by atoms with Crippen LogP contribution < -0.4 is 0 Å². The lowest BCUT2D eigenvalue weighted by atomic mass is 10.0. The van der Waals surface area contributed by atoms with Crippen LogP contribution in [0.1, 0.15) is 40.0 Å². The minimum absolute atomic E-state index is 0.0993. The molecule has 116 valence electrons. The van der Waals surface area contributed by atoms with Gasteiger partial charge >= 0.3 is 0 Å². The standard InChI is InChI=1S/C14H14N2O5S/c17-5-1-4-15-11(18)3-2-10(14(15)21)16-12(19)8-6-22-7-9(8)13(16)20/h6-7,10,17H,1-5H2. The molecule has 1 saturated heterocycles. The van der Waals surface area contributed by atoms with E-state index < -0.39 is 23.8 Å². The normalized spacial score (nSPS) is 21.8. The van der Waals surface area contributed by atoms with Crippen molar-refractivity contribution in [3.05, 3.63) is 21.9 Å². The Morgan fingerprint density at radius 1 is 1.14 bits per heavy atom. The molecule has 0 spiro atoms. The summed E-state index contributed by atoms with van der Waals surface area (Å²) in [6, 6.07) is -0.936. The lowest BCUT2D eigenvalue weighted by Gasteiger charge is -2.34. The Bertz CT molecular complexity index is 637. The zero-order valence-electron chi connectivity index (χ0n) is 11.7. The average molecular weight is 322 g/mol. The SMILES string of the molecule is O=C1CCC(N2C(=O)c3cscc3C2=O)C(=O)N1CCCO. The Balaban J connectivity index is 1.85. The van der Waals surface area contributed by atoms with Crippen molar-refractivity contribution in [1.82, 2.24) is 9.80 Å². The number of hydrogen-bond donors (Lipinski definition) is 1. The lowest BCUT2D eigenvalue weighted by molar-refractivity contribution is -0.151. The van der Waals surface area contributed by atoms with Gasteiger partial charge < -0.3 is 5.11 Å². The van der Waals surface area contributed by atoms with Crippen molar-refractivity contribution in [1.29, 1.82) is 0 Å². The molecule has 1 atom stereocenters. The minimum atomic E-state index is -0.936. The summed E-state index contributed by atoms with van der Waals surface area (Å²) < 4.78 is 0. The lowest BCUT2D eigenvalue weighted by Crippen LogP contribution is -2.56. The zero-order valence-corrected chi connectivity index (χ0v) is 12.5. The second-order valence-corrected chi connectivity index (χ2v) is 5.94. The molecule has 0 radical (unpaired) electrons. The van der Waals surface area contributed by atoms with Crippen LogP contribution in [-0.2, 0) is 9.59 Å². The molecule has 2 aliphatic heterocycles. The van der Waals surface area contributed by atoms with Crippen LogP contribution in [0.5, 0.6) is 0 Å². The molecule has 1 fully saturated rings. The van der Waals surface area contributed by atoms with E-state index in [1.807, 2.05) is 0 Å². The van der Waals surface area contributed by atoms with Crippen LogP contribution in [0.15, 0.2) is 10.8 Å². The van der Waals surface area contributed by atoms with Crippen molar-refractivity contribution in [2.75, 3.05) is 13.2 Å². The summed E-state index contributed by atoms with van der Waals surface area (Å²) >= 11 is 1.27. The van der Waals surface area contributed by atoms with Crippen molar-refractivity contribution in [2.45, 2.75) is 25.3 Å². The number of carbonyl (C=O) groups is 4. The Hall–Kier alpha value is -2.06. The molecule has 1 unspecified atom stereocenters. The Kier molecular flexibility index (Phi) is 3.79. The van der Waals surface area contributed by atoms with Crippen molar-refractivity contribution in [3.63, 3.8) is 0 Å². The number of amides is 4. The van der Waals surface area contributed by atoms with Crippen molar-refractivity contribution < 1.29 is 24.3 Å². The van der Waals surface area contributed by atoms with Crippen LogP contribution in [0.4, 0.5) is 0 Å². The predicted molar refractivity (Wildman–Crippen MR) is 76.3 cm³/mol. The smallest absolute Gasteiger partial charge is 0.263 e. The summed E-state index contributed by atoms with van der Waals surface area (Å²) in [7, 11) is 0. The van der Waals surface area contributed by atoms with E-state index in [2.05, 4.69) is 0 Å². The molecule has 2 aliphatic rings. The number of thiophene rings is 1. The maximum absolute atomic E-state index is 12.5. The van der Waals surface area contributed by atoms with E-state index >= 15 is 0 Å². The Morgan fingerprint density at radius 2 is 1.77 bits per heavy atom. The number of hydrogen-bond acceptors (Lipinski definition) is 6. The van der Waals surface area contributed by atoms with Gasteiger partial charge in [0.2, 0.25) is 5.91 Å².